The SMILES string of the molecule is Cc1ccc([N-][Si](C)(C)[Si](C)(C)C2=CC=C(F)C3CC(C)CC23)cc1.[CH3-].[Cl][Ti][Cl]. The molecule has 0 bridgehead atoms. The fraction of sp³-hybridized carbons (Fsp3) is 0.500. The quantitative estimate of drug-likeness (QED) is 0.286. The van der Waals surface area contributed by atoms with Crippen LogP contribution >= 0.6 is 18.6 Å². The van der Waals surface area contributed by atoms with Crippen molar-refractivity contribution in [1.82, 2.24) is 0 Å². The summed E-state index contributed by atoms with van der Waals surface area (Å²) in [4.78, 5) is 5.28. The molecule has 0 aliphatic heterocycles. The van der Waals surface area contributed by atoms with Gasteiger partial charge in [-0.3, -0.25) is 0 Å². The summed E-state index contributed by atoms with van der Waals surface area (Å²) in [5.74, 6) is 1.28. The van der Waals surface area contributed by atoms with Gasteiger partial charge < -0.3 is 12.4 Å². The van der Waals surface area contributed by atoms with Gasteiger partial charge in [0.25, 0.3) is 0 Å². The fourth-order valence-electron chi connectivity index (χ4n) is 4.46. The van der Waals surface area contributed by atoms with Gasteiger partial charge in [-0.25, -0.2) is 4.39 Å². The van der Waals surface area contributed by atoms with E-state index in [1.807, 2.05) is 0 Å². The molecule has 0 saturated heterocycles. The Kier molecular flexibility index (Phi) is 10.5. The second-order valence-corrected chi connectivity index (χ2v) is 26.3. The zero-order valence-electron chi connectivity index (χ0n) is 18.7. The molecule has 0 amide bonds. The summed E-state index contributed by atoms with van der Waals surface area (Å²) in [6.07, 6.45) is 6.05. The normalized spacial score (nSPS) is 23.6. The molecule has 1 aromatic carbocycles. The zero-order valence-corrected chi connectivity index (χ0v) is 23.8. The van der Waals surface area contributed by atoms with Crippen molar-refractivity contribution in [3.63, 3.8) is 0 Å². The summed E-state index contributed by atoms with van der Waals surface area (Å²) in [6.45, 7) is 14.1. The number of nitrogens with zero attached hydrogens (tertiary/aromatic N) is 1. The van der Waals surface area contributed by atoms with Crippen molar-refractivity contribution in [3.05, 3.63) is 65.4 Å². The predicted molar refractivity (Wildman–Crippen MR) is 130 cm³/mol. The number of rotatable bonds is 4. The van der Waals surface area contributed by atoms with Crippen LogP contribution in [0.4, 0.5) is 10.1 Å². The van der Waals surface area contributed by atoms with Gasteiger partial charge in [-0.15, -0.1) is 5.69 Å². The number of aryl methyl sites for hydroxylation is 1. The molecule has 1 aromatic rings. The van der Waals surface area contributed by atoms with E-state index in [2.05, 4.69) is 70.4 Å². The van der Waals surface area contributed by atoms with E-state index in [9.17, 15) is 4.39 Å². The van der Waals surface area contributed by atoms with Crippen LogP contribution in [-0.2, 0) is 17.0 Å². The molecule has 0 N–H and O–H groups in total. The topological polar surface area (TPSA) is 14.1 Å². The molecule has 0 spiro atoms. The Bertz CT molecular complexity index is 735. The van der Waals surface area contributed by atoms with Crippen LogP contribution in [0.25, 0.3) is 4.98 Å². The minimum atomic E-state index is -1.84. The minimum absolute atomic E-state index is 0. The van der Waals surface area contributed by atoms with Crippen molar-refractivity contribution in [3.8, 4) is 0 Å². The Morgan fingerprint density at radius 2 is 1.52 bits per heavy atom. The summed E-state index contributed by atoms with van der Waals surface area (Å²) in [7, 11) is 6.19. The Balaban J connectivity index is 0.000000990. The first-order valence-corrected chi connectivity index (χ1v) is 21.1. The van der Waals surface area contributed by atoms with E-state index < -0.39 is 32.4 Å². The fourth-order valence-corrected chi connectivity index (χ4v) is 12.1. The second-order valence-electron chi connectivity index (χ2n) is 9.17. The molecule has 7 heteroatoms. The number of benzene rings is 1. The average molecular weight is 506 g/mol. The molecule has 0 aromatic heterocycles. The van der Waals surface area contributed by atoms with Gasteiger partial charge in [0.15, 0.2) is 0 Å². The molecule has 162 valence electrons. The third-order valence-electron chi connectivity index (χ3n) is 6.67. The first-order chi connectivity index (χ1) is 13.0. The number of hydrogen-bond donors (Lipinski definition) is 0. The van der Waals surface area contributed by atoms with E-state index >= 15 is 0 Å². The number of halogens is 3. The third-order valence-corrected chi connectivity index (χ3v) is 22.9. The summed E-state index contributed by atoms with van der Waals surface area (Å²) >= 11 is -0.556. The van der Waals surface area contributed by atoms with Crippen LogP contribution in [0, 0.1) is 32.1 Å². The van der Waals surface area contributed by atoms with Crippen LogP contribution in [0.3, 0.4) is 0 Å². The molecule has 1 fully saturated rings. The maximum absolute atomic E-state index is 14.4. The summed E-state index contributed by atoms with van der Waals surface area (Å²) < 4.78 is 14.4. The molecular formula is C22H34Cl2FNSi2Ti-2. The van der Waals surface area contributed by atoms with Gasteiger partial charge in [0.2, 0.25) is 0 Å². The summed E-state index contributed by atoms with van der Waals surface area (Å²) in [6, 6.07) is 8.57. The van der Waals surface area contributed by atoms with Gasteiger partial charge in [0.05, 0.1) is 7.59 Å². The Morgan fingerprint density at radius 3 is 2.07 bits per heavy atom. The predicted octanol–water partition coefficient (Wildman–Crippen LogP) is 8.81. The zero-order chi connectivity index (χ0) is 21.1. The molecule has 3 atom stereocenters. The van der Waals surface area contributed by atoms with Crippen LogP contribution in [-0.4, -0.2) is 15.3 Å². The summed E-state index contributed by atoms with van der Waals surface area (Å²) in [5.41, 5.74) is 2.38. The van der Waals surface area contributed by atoms with E-state index in [1.54, 1.807) is 11.3 Å². The number of allylic oxidation sites excluding steroid dienone is 4. The first kappa shape index (κ1) is 27.2. The molecule has 1 saturated carbocycles. The van der Waals surface area contributed by atoms with E-state index in [4.69, 9.17) is 23.6 Å². The molecule has 3 unspecified atom stereocenters. The van der Waals surface area contributed by atoms with Gasteiger partial charge in [-0.1, -0.05) is 74.2 Å². The van der Waals surface area contributed by atoms with Crippen LogP contribution in [0.2, 0.25) is 26.2 Å². The molecule has 0 heterocycles. The van der Waals surface area contributed by atoms with Crippen LogP contribution in [0.15, 0.2) is 47.4 Å². The van der Waals surface area contributed by atoms with Gasteiger partial charge in [0.1, 0.15) is 5.83 Å². The van der Waals surface area contributed by atoms with E-state index in [0.717, 1.165) is 18.5 Å². The Labute approximate surface area is 196 Å². The van der Waals surface area contributed by atoms with Crippen molar-refractivity contribution in [2.45, 2.75) is 52.9 Å². The standard InChI is InChI=1S/C21H31FNSi2.CH3.2ClH.Ti/c1-15-7-9-17(10-8-15)23-25(5,6)24(3,4)21-12-11-20(22)18-13-16(2)14-19(18)21;;;;/h7-12,16,18-19H,13-14H2,1-6H3;1H3;2*1H;/q2*-1;;;+2/p-2. The second kappa shape index (κ2) is 11.2. The van der Waals surface area contributed by atoms with Crippen molar-refractivity contribution in [1.29, 1.82) is 0 Å². The van der Waals surface area contributed by atoms with Crippen LogP contribution in [0.1, 0.15) is 25.3 Å². The molecule has 3 rings (SSSR count). The van der Waals surface area contributed by atoms with Gasteiger partial charge in [0, 0.05) is 5.92 Å². The molecule has 0 radical (unpaired) electrons. The molecule has 1 nitrogen and oxygen atoms in total. The van der Waals surface area contributed by atoms with E-state index in [-0.39, 0.29) is 19.2 Å². The summed E-state index contributed by atoms with van der Waals surface area (Å²) in [5, 5.41) is 1.57. The van der Waals surface area contributed by atoms with E-state index in [0.29, 0.717) is 11.8 Å². The maximum atomic E-state index is 14.4. The van der Waals surface area contributed by atoms with Crippen LogP contribution in [0.5, 0.6) is 0 Å². The van der Waals surface area contributed by atoms with Gasteiger partial charge in [-0.05, 0) is 45.4 Å². The Hall–Kier alpha value is 0.158. The van der Waals surface area contributed by atoms with E-state index in [1.165, 1.54) is 5.56 Å². The number of hydrogen-bond acceptors (Lipinski definition) is 0. The molecule has 2 aliphatic rings. The van der Waals surface area contributed by atoms with Crippen molar-refractivity contribution >= 4 is 39.6 Å². The average Bonchev–Trinajstić information content (AvgIpc) is 2.99. The van der Waals surface area contributed by atoms with Crippen molar-refractivity contribution in [2.75, 3.05) is 0 Å². The van der Waals surface area contributed by atoms with Crippen molar-refractivity contribution < 1.29 is 21.4 Å². The van der Waals surface area contributed by atoms with Crippen molar-refractivity contribution in [2.24, 2.45) is 17.8 Å². The van der Waals surface area contributed by atoms with Crippen LogP contribution < -0.4 is 0 Å². The molecule has 29 heavy (non-hydrogen) atoms. The monoisotopic (exact) mass is 505 g/mol. The van der Waals surface area contributed by atoms with Gasteiger partial charge >= 0.3 is 35.6 Å². The number of fused-ring (bicyclic) bond motifs is 1. The molecule has 2 aliphatic carbocycles. The first-order valence-electron chi connectivity index (χ1n) is 9.87. The molecular weight excluding hydrogens is 472 g/mol. The Morgan fingerprint density at radius 1 is 1.00 bits per heavy atom. The van der Waals surface area contributed by atoms with Gasteiger partial charge in [-0.2, -0.15) is 0 Å². The third kappa shape index (κ3) is 6.33.